The molecule has 0 unspecified atom stereocenters. The summed E-state index contributed by atoms with van der Waals surface area (Å²) < 4.78 is 20.9. The van der Waals surface area contributed by atoms with Crippen molar-refractivity contribution in [2.45, 2.75) is 12.8 Å². The van der Waals surface area contributed by atoms with Crippen molar-refractivity contribution in [1.29, 1.82) is 0 Å². The first kappa shape index (κ1) is 28.9. The van der Waals surface area contributed by atoms with E-state index >= 15 is 0 Å². The Bertz CT molecular complexity index is 1570. The molecule has 0 aliphatic rings. The fourth-order valence-electron chi connectivity index (χ4n) is 3.67. The van der Waals surface area contributed by atoms with Crippen molar-refractivity contribution in [2.24, 2.45) is 0 Å². The van der Waals surface area contributed by atoms with Crippen molar-refractivity contribution >= 4 is 29.3 Å². The van der Waals surface area contributed by atoms with Gasteiger partial charge in [-0.25, -0.2) is 4.79 Å². The minimum absolute atomic E-state index is 0.0280. The Hall–Kier alpha value is -6.13. The average molecular weight is 580 g/mol. The van der Waals surface area contributed by atoms with Gasteiger partial charge in [0.25, 0.3) is 23.2 Å². The van der Waals surface area contributed by atoms with Gasteiger partial charge in [0.1, 0.15) is 23.0 Å². The maximum atomic E-state index is 12.8. The fraction of sp³-hybridized carbons (Fsp3) is 0.160. The minimum Gasteiger partial charge on any atom is -0.394 e. The number of nitrogens with zero attached hydrogens (tertiary/aromatic N) is 4. The van der Waals surface area contributed by atoms with Crippen LogP contribution in [-0.4, -0.2) is 52.2 Å². The highest BCUT2D eigenvalue weighted by Crippen LogP contribution is 2.30. The zero-order valence-corrected chi connectivity index (χ0v) is 21.8. The Kier molecular flexibility index (Phi) is 8.50. The molecule has 216 valence electrons. The van der Waals surface area contributed by atoms with Crippen LogP contribution in [0.1, 0.15) is 43.6 Å². The number of hydrogen-bond acceptors (Lipinski definition) is 13. The zero-order chi connectivity index (χ0) is 30.4. The third-order valence-corrected chi connectivity index (χ3v) is 5.66. The second-order valence-corrected chi connectivity index (χ2v) is 8.42. The molecule has 2 heterocycles. The van der Waals surface area contributed by atoms with Crippen LogP contribution in [0.2, 0.25) is 0 Å². The first-order valence-corrected chi connectivity index (χ1v) is 11.9. The van der Waals surface area contributed by atoms with Gasteiger partial charge in [0, 0.05) is 74.5 Å². The summed E-state index contributed by atoms with van der Waals surface area (Å²) in [5, 5.41) is 34.7. The number of hydrogen-bond donors (Lipinski definition) is 2. The summed E-state index contributed by atoms with van der Waals surface area (Å²) in [7, 11) is 2.80. The molecule has 4 aromatic rings. The average Bonchev–Trinajstić information content (AvgIpc) is 3.63. The van der Waals surface area contributed by atoms with Crippen LogP contribution in [-0.2, 0) is 12.8 Å². The molecule has 0 aliphatic heterocycles. The van der Waals surface area contributed by atoms with Crippen LogP contribution in [0.5, 0.6) is 11.5 Å². The van der Waals surface area contributed by atoms with Crippen LogP contribution in [0.15, 0.2) is 57.6 Å². The van der Waals surface area contributed by atoms with Gasteiger partial charge in [0.2, 0.25) is 0 Å². The first-order chi connectivity index (χ1) is 20.1. The van der Waals surface area contributed by atoms with Crippen molar-refractivity contribution in [2.75, 3.05) is 14.1 Å². The topological polar surface area (TPSA) is 232 Å². The van der Waals surface area contributed by atoms with Crippen molar-refractivity contribution < 1.29 is 42.8 Å². The lowest BCUT2D eigenvalue weighted by Crippen LogP contribution is -2.17. The molecular weight excluding hydrogens is 560 g/mol. The van der Waals surface area contributed by atoms with Crippen LogP contribution in [0, 0.1) is 20.2 Å². The van der Waals surface area contributed by atoms with Crippen LogP contribution in [0.25, 0.3) is 0 Å². The summed E-state index contributed by atoms with van der Waals surface area (Å²) in [6, 6.07) is 9.50. The lowest BCUT2D eigenvalue weighted by atomic mass is 10.1. The van der Waals surface area contributed by atoms with E-state index < -0.39 is 27.8 Å². The number of non-ortho nitro benzene ring substituents is 2. The number of amides is 2. The summed E-state index contributed by atoms with van der Waals surface area (Å²) in [5.41, 5.74) is -0.407. The monoisotopic (exact) mass is 580 g/mol. The van der Waals surface area contributed by atoms with Gasteiger partial charge in [-0.1, -0.05) is 10.3 Å². The number of aromatic nitrogens is 2. The van der Waals surface area contributed by atoms with E-state index in [4.69, 9.17) is 18.5 Å². The molecule has 0 aliphatic carbocycles. The van der Waals surface area contributed by atoms with E-state index in [9.17, 15) is 34.6 Å². The smallest absolute Gasteiger partial charge is 0.394 e. The highest BCUT2D eigenvalue weighted by Gasteiger charge is 2.22. The quantitative estimate of drug-likeness (QED) is 0.119. The van der Waals surface area contributed by atoms with Gasteiger partial charge >= 0.3 is 6.16 Å². The van der Waals surface area contributed by atoms with Gasteiger partial charge in [-0.15, -0.1) is 0 Å². The number of rotatable bonds is 10. The maximum Gasteiger partial charge on any atom is 0.519 e. The molecule has 42 heavy (non-hydrogen) atoms. The van der Waals surface area contributed by atoms with Crippen LogP contribution >= 0.6 is 0 Å². The third kappa shape index (κ3) is 6.71. The van der Waals surface area contributed by atoms with E-state index in [-0.39, 0.29) is 69.8 Å². The highest BCUT2D eigenvalue weighted by atomic mass is 16.7. The fourth-order valence-corrected chi connectivity index (χ4v) is 3.67. The van der Waals surface area contributed by atoms with Crippen molar-refractivity contribution in [3.63, 3.8) is 0 Å². The molecule has 0 radical (unpaired) electrons. The standard InChI is InChI=1S/C25H20N6O11/c1-26-23(32)19-11-17(41-28-19)9-13-7-15(30(35)36)3-5-21(13)39-25(34)40-22-6-4-16(31(37)38)8-14(22)10-18-12-20(29-42-18)24(33)27-2/h3-8,11-12H,9-10H2,1-2H3,(H,26,32)(H,27,33). The molecule has 0 fully saturated rings. The Morgan fingerprint density at radius 3 is 1.50 bits per heavy atom. The van der Waals surface area contributed by atoms with Crippen molar-refractivity contribution in [3.05, 3.63) is 103 Å². The first-order valence-electron chi connectivity index (χ1n) is 11.9. The Morgan fingerprint density at radius 2 is 1.14 bits per heavy atom. The minimum atomic E-state index is -1.27. The van der Waals surface area contributed by atoms with E-state index in [0.29, 0.717) is 0 Å². The summed E-state index contributed by atoms with van der Waals surface area (Å²) in [4.78, 5) is 57.7. The highest BCUT2D eigenvalue weighted by molar-refractivity contribution is 5.92. The van der Waals surface area contributed by atoms with Gasteiger partial charge in [-0.3, -0.25) is 29.8 Å². The van der Waals surface area contributed by atoms with Crippen molar-refractivity contribution in [3.8, 4) is 11.5 Å². The molecule has 4 rings (SSSR count). The number of nitro groups is 2. The van der Waals surface area contributed by atoms with E-state index in [1.54, 1.807) is 0 Å². The third-order valence-electron chi connectivity index (χ3n) is 5.66. The molecule has 0 spiro atoms. The van der Waals surface area contributed by atoms with Gasteiger partial charge in [0.05, 0.1) is 9.85 Å². The molecule has 0 atom stereocenters. The molecule has 2 amide bonds. The SMILES string of the molecule is CNC(=O)c1cc(Cc2cc([N+](=O)[O-])ccc2OC(=O)Oc2ccc([N+](=O)[O-])cc2Cc2cc(C(=O)NC)no2)on1. The summed E-state index contributed by atoms with van der Waals surface area (Å²) in [6.07, 6.45) is -1.56. The second kappa shape index (κ2) is 12.4. The van der Waals surface area contributed by atoms with E-state index in [2.05, 4.69) is 20.9 Å². The van der Waals surface area contributed by atoms with Gasteiger partial charge in [0.15, 0.2) is 11.4 Å². The molecule has 17 nitrogen and oxygen atoms in total. The van der Waals surface area contributed by atoms with E-state index in [1.807, 2.05) is 0 Å². The van der Waals surface area contributed by atoms with E-state index in [0.717, 1.165) is 24.3 Å². The molecule has 2 aromatic carbocycles. The predicted octanol–water partition coefficient (Wildman–Crippen LogP) is 2.96. The Labute approximate surface area is 234 Å². The van der Waals surface area contributed by atoms with Gasteiger partial charge in [-0.05, 0) is 12.1 Å². The van der Waals surface area contributed by atoms with Crippen molar-refractivity contribution in [1.82, 2.24) is 20.9 Å². The summed E-state index contributed by atoms with van der Waals surface area (Å²) >= 11 is 0. The molecule has 0 bridgehead atoms. The number of carbonyl (C=O) groups excluding carboxylic acids is 3. The largest absolute Gasteiger partial charge is 0.519 e. The van der Waals surface area contributed by atoms with Gasteiger partial charge < -0.3 is 29.2 Å². The number of benzene rings is 2. The number of ether oxygens (including phenoxy) is 2. The van der Waals surface area contributed by atoms with Crippen LogP contribution in [0.4, 0.5) is 16.2 Å². The molecule has 2 aromatic heterocycles. The Balaban J connectivity index is 1.58. The molecule has 0 saturated carbocycles. The summed E-state index contributed by atoms with van der Waals surface area (Å²) in [5.74, 6) is -0.993. The second-order valence-electron chi connectivity index (χ2n) is 8.42. The van der Waals surface area contributed by atoms with Crippen LogP contribution < -0.4 is 20.1 Å². The number of nitro benzene ring substituents is 2. The number of nitrogens with one attached hydrogen (secondary N) is 2. The summed E-state index contributed by atoms with van der Waals surface area (Å²) in [6.45, 7) is 0. The lowest BCUT2D eigenvalue weighted by molar-refractivity contribution is -0.385. The predicted molar refractivity (Wildman–Crippen MR) is 138 cm³/mol. The molecule has 2 N–H and O–H groups in total. The molecular formula is C25H20N6O11. The molecule has 17 heteroatoms. The van der Waals surface area contributed by atoms with Gasteiger partial charge in [-0.2, -0.15) is 0 Å². The van der Waals surface area contributed by atoms with Crippen LogP contribution in [0.3, 0.4) is 0 Å². The lowest BCUT2D eigenvalue weighted by Gasteiger charge is -2.11. The number of carbonyl (C=O) groups is 3. The Morgan fingerprint density at radius 1 is 0.738 bits per heavy atom. The normalized spacial score (nSPS) is 10.5. The van der Waals surface area contributed by atoms with E-state index in [1.165, 1.54) is 38.4 Å². The maximum absolute atomic E-state index is 12.8. The zero-order valence-electron chi connectivity index (χ0n) is 21.8. The molecule has 0 saturated heterocycles.